The second kappa shape index (κ2) is 10.1. The summed E-state index contributed by atoms with van der Waals surface area (Å²) in [6, 6.07) is -0.317. The Bertz CT molecular complexity index is 844. The normalized spacial score (nSPS) is 31.0. The molecule has 180 valence electrons. The lowest BCUT2D eigenvalue weighted by atomic mass is 10.0. The van der Waals surface area contributed by atoms with Gasteiger partial charge in [-0.25, -0.2) is 18.5 Å². The molecule has 6 N–H and O–H groups in total. The van der Waals surface area contributed by atoms with Crippen LogP contribution in [0.4, 0.5) is 4.79 Å². The van der Waals surface area contributed by atoms with Crippen molar-refractivity contribution in [1.29, 1.82) is 0 Å². The number of rotatable bonds is 10. The summed E-state index contributed by atoms with van der Waals surface area (Å²) in [7, 11) is -13.7. The van der Waals surface area contributed by atoms with Gasteiger partial charge < -0.3 is 39.8 Å². The highest BCUT2D eigenvalue weighted by molar-refractivity contribution is 7.66. The maximum atomic E-state index is 12.3. The molecule has 2 rings (SSSR count). The van der Waals surface area contributed by atoms with Gasteiger partial charge in [0.05, 0.1) is 12.7 Å². The lowest BCUT2D eigenvalue weighted by molar-refractivity contribution is -0.0223. The van der Waals surface area contributed by atoms with E-state index in [1.807, 2.05) is 0 Å². The van der Waals surface area contributed by atoms with Crippen LogP contribution in [-0.2, 0) is 36.1 Å². The van der Waals surface area contributed by atoms with Crippen molar-refractivity contribution in [2.75, 3.05) is 27.3 Å². The number of carbonyl (C=O) groups excluding carboxylic acids is 1. The predicted molar refractivity (Wildman–Crippen MR) is 99.1 cm³/mol. The molecule has 0 radical (unpaired) electrons. The minimum absolute atomic E-state index is 0.125. The Morgan fingerprint density at radius 1 is 1.16 bits per heavy atom. The first-order valence-electron chi connectivity index (χ1n) is 8.48. The maximum absolute atomic E-state index is 12.3. The molecule has 0 bridgehead atoms. The van der Waals surface area contributed by atoms with E-state index in [1.165, 1.54) is 18.1 Å². The molecule has 0 aromatic rings. The number of hydrogen-bond acceptors (Lipinski definition) is 11. The first-order valence-corrected chi connectivity index (χ1v) is 13.0. The van der Waals surface area contributed by atoms with Crippen LogP contribution in [0.5, 0.6) is 0 Å². The van der Waals surface area contributed by atoms with E-state index in [1.54, 1.807) is 0 Å². The van der Waals surface area contributed by atoms with Crippen LogP contribution in [0.25, 0.3) is 0 Å². The van der Waals surface area contributed by atoms with Crippen molar-refractivity contribution in [3.63, 3.8) is 0 Å². The summed E-state index contributed by atoms with van der Waals surface area (Å²) >= 11 is 0. The minimum Gasteiger partial charge on any atom is -0.388 e. The first-order chi connectivity index (χ1) is 14.1. The first kappa shape index (κ1) is 26.6. The molecule has 0 aromatic carbocycles. The van der Waals surface area contributed by atoms with Gasteiger partial charge in [0.1, 0.15) is 18.3 Å². The van der Waals surface area contributed by atoms with E-state index in [9.17, 15) is 33.6 Å². The van der Waals surface area contributed by atoms with Gasteiger partial charge in [-0.2, -0.15) is 8.62 Å². The predicted octanol–water partition coefficient (Wildman–Crippen LogP) is -0.598. The number of aliphatic hydroxyl groups excluding tert-OH is 2. The topological polar surface area (TPSA) is 231 Å². The molecule has 0 saturated carbocycles. The number of hydrogen-bond donors (Lipinski definition) is 6. The van der Waals surface area contributed by atoms with Crippen molar-refractivity contribution < 1.29 is 65.8 Å². The summed E-state index contributed by atoms with van der Waals surface area (Å²) < 4.78 is 56.8. The number of amides is 2. The highest BCUT2D eigenvalue weighted by atomic mass is 31.3. The van der Waals surface area contributed by atoms with Crippen LogP contribution in [0.15, 0.2) is 11.8 Å². The van der Waals surface area contributed by atoms with Crippen molar-refractivity contribution in [3.05, 3.63) is 11.8 Å². The lowest BCUT2D eigenvalue weighted by Gasteiger charge is -2.24. The lowest BCUT2D eigenvalue weighted by Crippen LogP contribution is -2.41. The molecular formula is C12H23N2O14P3. The zero-order valence-corrected chi connectivity index (χ0v) is 18.9. The molecule has 16 nitrogen and oxygen atoms in total. The van der Waals surface area contributed by atoms with E-state index in [0.29, 0.717) is 5.57 Å². The number of phosphoric acid groups is 3. The largest absolute Gasteiger partial charge is 0.490 e. The maximum Gasteiger partial charge on any atom is 0.490 e. The summed E-state index contributed by atoms with van der Waals surface area (Å²) in [6.07, 6.45) is -3.44. The van der Waals surface area contributed by atoms with Crippen LogP contribution in [0, 0.1) is 0 Å². The average molecular weight is 512 g/mol. The molecular weight excluding hydrogens is 489 g/mol. The Labute approximate surface area is 176 Å². The van der Waals surface area contributed by atoms with Gasteiger partial charge in [-0.05, 0) is 5.57 Å². The SMILES string of the molecule is COP(=O)(OC[C@H]1O[C@@H](CC2=CN(C)C(=O)NC2)C(O)C1O)OP(=O)(O)OP(=O)(O)O. The Morgan fingerprint density at radius 2 is 1.77 bits per heavy atom. The molecule has 31 heavy (non-hydrogen) atoms. The van der Waals surface area contributed by atoms with Gasteiger partial charge in [0, 0.05) is 33.3 Å². The van der Waals surface area contributed by atoms with E-state index < -0.39 is 54.5 Å². The third-order valence-corrected chi connectivity index (χ3v) is 8.34. The Morgan fingerprint density at radius 3 is 2.32 bits per heavy atom. The molecule has 1 fully saturated rings. The highest BCUT2D eigenvalue weighted by Crippen LogP contribution is 2.68. The average Bonchev–Trinajstić information content (AvgIpc) is 2.88. The Balaban J connectivity index is 1.98. The van der Waals surface area contributed by atoms with Crippen molar-refractivity contribution in [2.45, 2.75) is 30.8 Å². The molecule has 0 spiro atoms. The van der Waals surface area contributed by atoms with Gasteiger partial charge in [-0.15, -0.1) is 0 Å². The summed E-state index contributed by atoms with van der Waals surface area (Å²) in [6.45, 7) is -0.559. The van der Waals surface area contributed by atoms with Gasteiger partial charge in [0.15, 0.2) is 0 Å². The van der Waals surface area contributed by atoms with Crippen LogP contribution < -0.4 is 5.32 Å². The molecule has 2 aliphatic rings. The Kier molecular flexibility index (Phi) is 8.62. The van der Waals surface area contributed by atoms with Crippen LogP contribution in [0.3, 0.4) is 0 Å². The van der Waals surface area contributed by atoms with Crippen molar-refractivity contribution in [1.82, 2.24) is 10.2 Å². The summed E-state index contributed by atoms with van der Waals surface area (Å²) in [4.78, 5) is 39.2. The Hall–Kier alpha value is -0.700. The van der Waals surface area contributed by atoms with E-state index >= 15 is 0 Å². The van der Waals surface area contributed by atoms with Gasteiger partial charge in [-0.3, -0.25) is 9.05 Å². The molecule has 19 heteroatoms. The van der Waals surface area contributed by atoms with Crippen LogP contribution >= 0.6 is 23.5 Å². The minimum atomic E-state index is -5.56. The second-order valence-electron chi connectivity index (χ2n) is 6.50. The van der Waals surface area contributed by atoms with E-state index in [-0.39, 0.29) is 19.0 Å². The monoisotopic (exact) mass is 512 g/mol. The van der Waals surface area contributed by atoms with Crippen LogP contribution in [0.1, 0.15) is 6.42 Å². The van der Waals surface area contributed by atoms with E-state index in [2.05, 4.69) is 18.5 Å². The van der Waals surface area contributed by atoms with Crippen molar-refractivity contribution >= 4 is 29.5 Å². The molecule has 2 aliphatic heterocycles. The van der Waals surface area contributed by atoms with Crippen LogP contribution in [0.2, 0.25) is 0 Å². The molecule has 0 aliphatic carbocycles. The fourth-order valence-electron chi connectivity index (χ4n) is 2.76. The quantitative estimate of drug-likeness (QED) is 0.201. The van der Waals surface area contributed by atoms with Crippen molar-refractivity contribution in [2.24, 2.45) is 0 Å². The molecule has 1 saturated heterocycles. The van der Waals surface area contributed by atoms with Gasteiger partial charge in [0.25, 0.3) is 0 Å². The zero-order chi connectivity index (χ0) is 23.6. The van der Waals surface area contributed by atoms with E-state index in [0.717, 1.165) is 7.11 Å². The third-order valence-electron chi connectivity index (χ3n) is 4.12. The summed E-state index contributed by atoms with van der Waals surface area (Å²) in [5, 5.41) is 22.9. The standard InChI is InChI=1S/C12H23N2O14P3/c1-14-5-7(4-13-12(14)17)3-8-10(15)11(16)9(26-8)6-25-31(23,24-2)28-30(21,22)27-29(18,19)20/h5,8-11,15-16H,3-4,6H2,1-2H3,(H,13,17)(H,21,22)(H2,18,19,20)/t8-,9+,10?,11?,31?/m0/s1. The molecule has 2 amide bonds. The van der Waals surface area contributed by atoms with Gasteiger partial charge in [0.2, 0.25) is 0 Å². The summed E-state index contributed by atoms with van der Waals surface area (Å²) in [5.74, 6) is 0. The third kappa shape index (κ3) is 7.69. The fraction of sp³-hybridized carbons (Fsp3) is 0.750. The number of urea groups is 1. The number of ether oxygens (including phenoxy) is 1. The number of nitrogens with zero attached hydrogens (tertiary/aromatic N) is 1. The molecule has 2 heterocycles. The molecule has 6 atom stereocenters. The summed E-state index contributed by atoms with van der Waals surface area (Å²) in [5.41, 5.74) is 0.682. The molecule has 4 unspecified atom stereocenters. The second-order valence-corrected chi connectivity index (χ2v) is 11.2. The van der Waals surface area contributed by atoms with Crippen molar-refractivity contribution in [3.8, 4) is 0 Å². The zero-order valence-electron chi connectivity index (χ0n) is 16.2. The number of nitrogens with one attached hydrogen (secondary N) is 1. The van der Waals surface area contributed by atoms with Gasteiger partial charge in [-0.1, -0.05) is 0 Å². The van der Waals surface area contributed by atoms with Gasteiger partial charge >= 0.3 is 29.5 Å². The number of phosphoric ester groups is 1. The fourth-order valence-corrected chi connectivity index (χ4v) is 6.12. The highest BCUT2D eigenvalue weighted by Gasteiger charge is 2.46. The number of aliphatic hydroxyl groups is 2. The smallest absolute Gasteiger partial charge is 0.388 e. The van der Waals surface area contributed by atoms with Crippen LogP contribution in [-0.4, -0.2) is 87.5 Å². The molecule has 0 aromatic heterocycles. The van der Waals surface area contributed by atoms with E-state index in [4.69, 9.17) is 19.0 Å². The number of carbonyl (C=O) groups is 1.